The second-order valence-corrected chi connectivity index (χ2v) is 6.08. The van der Waals surface area contributed by atoms with Gasteiger partial charge < -0.3 is 9.50 Å². The van der Waals surface area contributed by atoms with E-state index in [4.69, 9.17) is 0 Å². The lowest BCUT2D eigenvalue weighted by Gasteiger charge is -2.24. The molecular formula is C12H14F3NO3S. The Bertz CT molecular complexity index is 566. The number of hydrogen-bond donors (Lipinski definition) is 1. The van der Waals surface area contributed by atoms with Crippen LogP contribution in [0.4, 0.5) is 13.2 Å². The van der Waals surface area contributed by atoms with Crippen molar-refractivity contribution in [1.29, 1.82) is 0 Å². The number of benzene rings is 1. The Labute approximate surface area is 115 Å². The first kappa shape index (κ1) is 15.1. The van der Waals surface area contributed by atoms with Gasteiger partial charge in [-0.15, -0.1) is 0 Å². The smallest absolute Gasteiger partial charge is 0.376 e. The van der Waals surface area contributed by atoms with Gasteiger partial charge in [0.1, 0.15) is 5.75 Å². The van der Waals surface area contributed by atoms with E-state index in [1.165, 1.54) is 12.1 Å². The third-order valence-corrected chi connectivity index (χ3v) is 4.15. The van der Waals surface area contributed by atoms with Crippen molar-refractivity contribution < 1.29 is 25.8 Å². The van der Waals surface area contributed by atoms with Crippen LogP contribution in [0.2, 0.25) is 0 Å². The maximum absolute atomic E-state index is 12.4. The molecular weight excluding hydrogens is 295 g/mol. The van der Waals surface area contributed by atoms with Gasteiger partial charge in [-0.3, -0.25) is 0 Å². The van der Waals surface area contributed by atoms with Gasteiger partial charge in [0.15, 0.2) is 0 Å². The molecule has 0 bridgehead atoms. The van der Waals surface area contributed by atoms with Gasteiger partial charge in [-0.25, -0.2) is 0 Å². The molecule has 0 radical (unpaired) electrons. The molecule has 20 heavy (non-hydrogen) atoms. The number of halogens is 3. The van der Waals surface area contributed by atoms with Gasteiger partial charge in [-0.2, -0.15) is 21.6 Å². The van der Waals surface area contributed by atoms with Crippen molar-refractivity contribution in [2.45, 2.75) is 24.3 Å². The van der Waals surface area contributed by atoms with Gasteiger partial charge in [0, 0.05) is 0 Å². The highest BCUT2D eigenvalue weighted by atomic mass is 32.2. The molecule has 1 heterocycles. The second-order valence-electron chi connectivity index (χ2n) is 4.55. The molecule has 1 aromatic carbocycles. The molecule has 1 N–H and O–H groups in total. The highest BCUT2D eigenvalue weighted by Gasteiger charge is 2.48. The standard InChI is InChI=1S/C12H14F3NO3S/c13-12(14,15)20(17,18)19-11-4-2-1-3-10(11)9-5-7-16-8-6-9/h1-4,9,16H,5-8H2. The van der Waals surface area contributed by atoms with Crippen LogP contribution in [0, 0.1) is 0 Å². The largest absolute Gasteiger partial charge is 0.534 e. The van der Waals surface area contributed by atoms with Crippen molar-refractivity contribution >= 4 is 10.1 Å². The fraction of sp³-hybridized carbons (Fsp3) is 0.500. The minimum atomic E-state index is -5.63. The van der Waals surface area contributed by atoms with Gasteiger partial charge >= 0.3 is 15.6 Å². The van der Waals surface area contributed by atoms with E-state index in [9.17, 15) is 21.6 Å². The Morgan fingerprint density at radius 3 is 2.35 bits per heavy atom. The summed E-state index contributed by atoms with van der Waals surface area (Å²) in [6, 6.07) is 5.97. The quantitative estimate of drug-likeness (QED) is 0.688. The van der Waals surface area contributed by atoms with Crippen LogP contribution in [0.1, 0.15) is 24.3 Å². The summed E-state index contributed by atoms with van der Waals surface area (Å²) in [5, 5.41) is 3.14. The van der Waals surface area contributed by atoms with Crippen LogP contribution < -0.4 is 9.50 Å². The fourth-order valence-electron chi connectivity index (χ4n) is 2.19. The Morgan fingerprint density at radius 2 is 1.75 bits per heavy atom. The molecule has 1 aromatic rings. The summed E-state index contributed by atoms with van der Waals surface area (Å²) in [5.74, 6) is -0.243. The zero-order valence-corrected chi connectivity index (χ0v) is 11.3. The molecule has 4 nitrogen and oxygen atoms in total. The van der Waals surface area contributed by atoms with Crippen LogP contribution in [0.25, 0.3) is 0 Å². The van der Waals surface area contributed by atoms with E-state index in [0.717, 1.165) is 25.9 Å². The lowest BCUT2D eigenvalue weighted by molar-refractivity contribution is -0.0500. The number of piperidine rings is 1. The average molecular weight is 309 g/mol. The molecule has 1 saturated heterocycles. The summed E-state index contributed by atoms with van der Waals surface area (Å²) in [4.78, 5) is 0. The van der Waals surface area contributed by atoms with E-state index in [1.807, 2.05) is 0 Å². The molecule has 1 fully saturated rings. The monoisotopic (exact) mass is 309 g/mol. The molecule has 0 saturated carbocycles. The van der Waals surface area contributed by atoms with E-state index in [1.54, 1.807) is 12.1 Å². The Kier molecular flexibility index (Phi) is 4.24. The molecule has 2 rings (SSSR count). The molecule has 1 aliphatic rings. The summed E-state index contributed by atoms with van der Waals surface area (Å²) in [7, 11) is -5.63. The SMILES string of the molecule is O=S(=O)(Oc1ccccc1C1CCNCC1)C(F)(F)F. The Hall–Kier alpha value is -1.28. The first-order valence-electron chi connectivity index (χ1n) is 6.11. The summed E-state index contributed by atoms with van der Waals surface area (Å²) in [5.41, 5.74) is -4.92. The lowest BCUT2D eigenvalue weighted by atomic mass is 9.90. The topological polar surface area (TPSA) is 55.4 Å². The normalized spacial score (nSPS) is 17.9. The predicted molar refractivity (Wildman–Crippen MR) is 66.9 cm³/mol. The first-order chi connectivity index (χ1) is 9.31. The van der Waals surface area contributed by atoms with E-state index in [0.29, 0.717) is 5.56 Å². The minimum absolute atomic E-state index is 0.00381. The molecule has 1 aliphatic heterocycles. The summed E-state index contributed by atoms with van der Waals surface area (Å²) < 4.78 is 63.6. The van der Waals surface area contributed by atoms with Crippen molar-refractivity contribution in [3.05, 3.63) is 29.8 Å². The number of hydrogen-bond acceptors (Lipinski definition) is 4. The van der Waals surface area contributed by atoms with E-state index in [2.05, 4.69) is 9.50 Å². The Balaban J connectivity index is 2.29. The van der Waals surface area contributed by atoms with Crippen LogP contribution in [0.15, 0.2) is 24.3 Å². The fourth-order valence-corrected chi connectivity index (χ4v) is 2.67. The van der Waals surface area contributed by atoms with E-state index < -0.39 is 15.6 Å². The van der Waals surface area contributed by atoms with Crippen molar-refractivity contribution in [2.75, 3.05) is 13.1 Å². The van der Waals surface area contributed by atoms with Crippen molar-refractivity contribution in [1.82, 2.24) is 5.32 Å². The zero-order chi connectivity index (χ0) is 14.8. The van der Waals surface area contributed by atoms with Crippen LogP contribution in [-0.2, 0) is 10.1 Å². The molecule has 112 valence electrons. The van der Waals surface area contributed by atoms with Crippen LogP contribution in [-0.4, -0.2) is 27.0 Å². The lowest BCUT2D eigenvalue weighted by Crippen LogP contribution is -2.29. The minimum Gasteiger partial charge on any atom is -0.376 e. The Morgan fingerprint density at radius 1 is 1.15 bits per heavy atom. The van der Waals surface area contributed by atoms with Gasteiger partial charge in [-0.1, -0.05) is 18.2 Å². The van der Waals surface area contributed by atoms with Crippen molar-refractivity contribution in [3.63, 3.8) is 0 Å². The van der Waals surface area contributed by atoms with E-state index >= 15 is 0 Å². The molecule has 8 heteroatoms. The third-order valence-electron chi connectivity index (χ3n) is 3.18. The van der Waals surface area contributed by atoms with Gasteiger partial charge in [0.2, 0.25) is 0 Å². The average Bonchev–Trinajstić information content (AvgIpc) is 2.38. The van der Waals surface area contributed by atoms with Crippen molar-refractivity contribution in [3.8, 4) is 5.75 Å². The van der Waals surface area contributed by atoms with Crippen LogP contribution in [0.3, 0.4) is 0 Å². The number of nitrogens with one attached hydrogen (secondary N) is 1. The molecule has 0 aliphatic carbocycles. The maximum atomic E-state index is 12.4. The number of para-hydroxylation sites is 1. The maximum Gasteiger partial charge on any atom is 0.534 e. The van der Waals surface area contributed by atoms with Crippen molar-refractivity contribution in [2.24, 2.45) is 0 Å². The predicted octanol–water partition coefficient (Wildman–Crippen LogP) is 2.38. The second kappa shape index (κ2) is 5.61. The molecule has 0 spiro atoms. The van der Waals surface area contributed by atoms with Crippen LogP contribution >= 0.6 is 0 Å². The van der Waals surface area contributed by atoms with Crippen LogP contribution in [0.5, 0.6) is 5.75 Å². The first-order valence-corrected chi connectivity index (χ1v) is 7.52. The summed E-state index contributed by atoms with van der Waals surface area (Å²) in [6.45, 7) is 1.48. The molecule has 0 unspecified atom stereocenters. The van der Waals surface area contributed by atoms with Gasteiger partial charge in [0.25, 0.3) is 0 Å². The number of alkyl halides is 3. The van der Waals surface area contributed by atoms with Gasteiger partial charge in [0.05, 0.1) is 0 Å². The number of rotatable bonds is 3. The zero-order valence-electron chi connectivity index (χ0n) is 10.5. The van der Waals surface area contributed by atoms with Gasteiger partial charge in [-0.05, 0) is 43.5 Å². The third kappa shape index (κ3) is 3.24. The molecule has 0 amide bonds. The highest BCUT2D eigenvalue weighted by molar-refractivity contribution is 7.88. The molecule has 0 aromatic heterocycles. The van der Waals surface area contributed by atoms with E-state index in [-0.39, 0.29) is 11.7 Å². The molecule has 0 atom stereocenters. The summed E-state index contributed by atoms with van der Waals surface area (Å²) >= 11 is 0. The summed E-state index contributed by atoms with van der Waals surface area (Å²) in [6.07, 6.45) is 1.46. The highest BCUT2D eigenvalue weighted by Crippen LogP contribution is 2.35.